The molecule has 0 spiro atoms. The molecule has 1 unspecified atom stereocenters. The molecular formula is C13H17Cl2N3O. The molecule has 1 atom stereocenters. The normalized spacial score (nSPS) is 22.5. The van der Waals surface area contributed by atoms with Gasteiger partial charge in [0.25, 0.3) is 0 Å². The predicted octanol–water partition coefficient (Wildman–Crippen LogP) is 3.17. The Kier molecular flexibility index (Phi) is 4.33. The van der Waals surface area contributed by atoms with Crippen LogP contribution in [0.15, 0.2) is 6.07 Å². The molecule has 0 bridgehead atoms. The van der Waals surface area contributed by atoms with Gasteiger partial charge >= 0.3 is 0 Å². The highest BCUT2D eigenvalue weighted by molar-refractivity contribution is 6.34. The molecule has 4 nitrogen and oxygen atoms in total. The van der Waals surface area contributed by atoms with Crippen molar-refractivity contribution in [3.05, 3.63) is 21.9 Å². The third kappa shape index (κ3) is 2.86. The number of nitrogens with zero attached hydrogens (tertiary/aromatic N) is 1. The van der Waals surface area contributed by atoms with Crippen LogP contribution in [0.5, 0.6) is 0 Å². The highest BCUT2D eigenvalue weighted by Crippen LogP contribution is 2.30. The average molecular weight is 302 g/mol. The standard InChI is InChI=1S/C13H17Cl2N3O/c1-3-13(5-4-6-16-13)12(19)18-10-8(2)7-9(14)17-11(10)15/h7,16H,3-6H2,1-2H3,(H,18,19). The maximum absolute atomic E-state index is 12.5. The van der Waals surface area contributed by atoms with Crippen LogP contribution in [-0.4, -0.2) is 23.0 Å². The Morgan fingerprint density at radius 1 is 1.58 bits per heavy atom. The highest BCUT2D eigenvalue weighted by Gasteiger charge is 2.39. The number of carbonyl (C=O) groups is 1. The van der Waals surface area contributed by atoms with Crippen molar-refractivity contribution in [3.8, 4) is 0 Å². The number of hydrogen-bond donors (Lipinski definition) is 2. The molecule has 1 aromatic heterocycles. The molecule has 0 radical (unpaired) electrons. The summed E-state index contributed by atoms with van der Waals surface area (Å²) < 4.78 is 0. The van der Waals surface area contributed by atoms with Gasteiger partial charge in [-0.3, -0.25) is 4.79 Å². The first-order chi connectivity index (χ1) is 8.98. The maximum Gasteiger partial charge on any atom is 0.244 e. The van der Waals surface area contributed by atoms with Crippen LogP contribution >= 0.6 is 23.2 Å². The zero-order chi connectivity index (χ0) is 14.0. The summed E-state index contributed by atoms with van der Waals surface area (Å²) in [6.07, 6.45) is 2.59. The number of aromatic nitrogens is 1. The molecule has 0 aliphatic carbocycles. The smallest absolute Gasteiger partial charge is 0.244 e. The minimum Gasteiger partial charge on any atom is -0.322 e. The molecule has 6 heteroatoms. The van der Waals surface area contributed by atoms with Crippen LogP contribution in [-0.2, 0) is 4.79 Å². The largest absolute Gasteiger partial charge is 0.322 e. The van der Waals surface area contributed by atoms with E-state index in [1.807, 2.05) is 13.8 Å². The van der Waals surface area contributed by atoms with Crippen LogP contribution in [0.2, 0.25) is 10.3 Å². The zero-order valence-corrected chi connectivity index (χ0v) is 12.5. The molecule has 1 aliphatic rings. The van der Waals surface area contributed by atoms with Gasteiger partial charge in [0.1, 0.15) is 5.15 Å². The van der Waals surface area contributed by atoms with Gasteiger partial charge in [-0.25, -0.2) is 4.98 Å². The second-order valence-electron chi connectivity index (χ2n) is 4.85. The first-order valence-corrected chi connectivity index (χ1v) is 7.13. The summed E-state index contributed by atoms with van der Waals surface area (Å²) in [7, 11) is 0. The lowest BCUT2D eigenvalue weighted by Gasteiger charge is -2.27. The Hall–Kier alpha value is -0.840. The van der Waals surface area contributed by atoms with Crippen LogP contribution in [0.1, 0.15) is 31.7 Å². The van der Waals surface area contributed by atoms with Crippen molar-refractivity contribution in [3.63, 3.8) is 0 Å². The van der Waals surface area contributed by atoms with Gasteiger partial charge in [0.2, 0.25) is 5.91 Å². The van der Waals surface area contributed by atoms with E-state index in [1.165, 1.54) is 0 Å². The highest BCUT2D eigenvalue weighted by atomic mass is 35.5. The van der Waals surface area contributed by atoms with E-state index < -0.39 is 5.54 Å². The Bertz CT molecular complexity index is 476. The monoisotopic (exact) mass is 301 g/mol. The molecule has 1 aliphatic heterocycles. The Morgan fingerprint density at radius 3 is 2.84 bits per heavy atom. The number of amides is 1. The van der Waals surface area contributed by atoms with Crippen molar-refractivity contribution >= 4 is 34.8 Å². The number of pyridine rings is 1. The van der Waals surface area contributed by atoms with E-state index in [4.69, 9.17) is 23.2 Å². The number of rotatable bonds is 3. The van der Waals surface area contributed by atoms with E-state index in [0.29, 0.717) is 10.8 Å². The third-order valence-electron chi connectivity index (χ3n) is 3.66. The van der Waals surface area contributed by atoms with Crippen molar-refractivity contribution in [2.75, 3.05) is 11.9 Å². The Labute approximate surface area is 122 Å². The van der Waals surface area contributed by atoms with Gasteiger partial charge in [0, 0.05) is 0 Å². The molecule has 0 saturated carbocycles. The van der Waals surface area contributed by atoms with Gasteiger partial charge in [-0.2, -0.15) is 0 Å². The molecule has 0 aromatic carbocycles. The Morgan fingerprint density at radius 2 is 2.32 bits per heavy atom. The molecule has 2 heterocycles. The van der Waals surface area contributed by atoms with Crippen LogP contribution in [0.3, 0.4) is 0 Å². The molecule has 19 heavy (non-hydrogen) atoms. The van der Waals surface area contributed by atoms with E-state index in [0.717, 1.165) is 31.4 Å². The number of anilines is 1. The second-order valence-corrected chi connectivity index (χ2v) is 5.59. The lowest BCUT2D eigenvalue weighted by Crippen LogP contribution is -2.50. The fraction of sp³-hybridized carbons (Fsp3) is 0.538. The first-order valence-electron chi connectivity index (χ1n) is 6.37. The predicted molar refractivity (Wildman–Crippen MR) is 77.9 cm³/mol. The summed E-state index contributed by atoms with van der Waals surface area (Å²) in [5, 5.41) is 6.72. The summed E-state index contributed by atoms with van der Waals surface area (Å²) in [5.74, 6) is -0.0541. The number of aryl methyl sites for hydroxylation is 1. The molecule has 1 fully saturated rings. The Balaban J connectivity index is 2.24. The van der Waals surface area contributed by atoms with Gasteiger partial charge in [0.05, 0.1) is 11.2 Å². The number of hydrogen-bond acceptors (Lipinski definition) is 3. The lowest BCUT2D eigenvalue weighted by atomic mass is 9.93. The van der Waals surface area contributed by atoms with E-state index in [2.05, 4.69) is 15.6 Å². The summed E-state index contributed by atoms with van der Waals surface area (Å²) in [6.45, 7) is 4.72. The van der Waals surface area contributed by atoms with Gasteiger partial charge in [-0.1, -0.05) is 30.1 Å². The average Bonchev–Trinajstić information content (AvgIpc) is 2.83. The van der Waals surface area contributed by atoms with Crippen molar-refractivity contribution < 1.29 is 4.79 Å². The minimum absolute atomic E-state index is 0.0541. The van der Waals surface area contributed by atoms with Crippen molar-refractivity contribution in [1.29, 1.82) is 0 Å². The van der Waals surface area contributed by atoms with Crippen molar-refractivity contribution in [2.24, 2.45) is 0 Å². The number of halogens is 2. The second kappa shape index (κ2) is 5.65. The zero-order valence-electron chi connectivity index (χ0n) is 11.0. The summed E-state index contributed by atoms with van der Waals surface area (Å²) in [5.41, 5.74) is 0.857. The van der Waals surface area contributed by atoms with Crippen LogP contribution in [0, 0.1) is 6.92 Å². The molecule has 1 amide bonds. The van der Waals surface area contributed by atoms with Gasteiger partial charge in [-0.15, -0.1) is 0 Å². The lowest BCUT2D eigenvalue weighted by molar-refractivity contribution is -0.122. The van der Waals surface area contributed by atoms with Crippen molar-refractivity contribution in [2.45, 2.75) is 38.6 Å². The molecule has 104 valence electrons. The SMILES string of the molecule is CCC1(C(=O)Nc2c(C)cc(Cl)nc2Cl)CCCN1. The minimum atomic E-state index is -0.491. The fourth-order valence-electron chi connectivity index (χ4n) is 2.44. The topological polar surface area (TPSA) is 54.0 Å². The molecule has 2 rings (SSSR count). The summed E-state index contributed by atoms with van der Waals surface area (Å²) in [6, 6.07) is 1.68. The molecule has 2 N–H and O–H groups in total. The quantitative estimate of drug-likeness (QED) is 0.843. The van der Waals surface area contributed by atoms with Crippen LogP contribution in [0.25, 0.3) is 0 Å². The van der Waals surface area contributed by atoms with Crippen LogP contribution < -0.4 is 10.6 Å². The fourth-order valence-corrected chi connectivity index (χ4v) is 3.02. The molecule has 1 saturated heterocycles. The maximum atomic E-state index is 12.5. The van der Waals surface area contributed by atoms with E-state index in [-0.39, 0.29) is 11.1 Å². The summed E-state index contributed by atoms with van der Waals surface area (Å²) >= 11 is 11.9. The first kappa shape index (κ1) is 14.6. The van der Waals surface area contributed by atoms with Gasteiger partial charge in [0.15, 0.2) is 5.15 Å². The van der Waals surface area contributed by atoms with E-state index >= 15 is 0 Å². The number of nitrogens with one attached hydrogen (secondary N) is 2. The molecular weight excluding hydrogens is 285 g/mol. The van der Waals surface area contributed by atoms with Crippen LogP contribution in [0.4, 0.5) is 5.69 Å². The van der Waals surface area contributed by atoms with E-state index in [9.17, 15) is 4.79 Å². The van der Waals surface area contributed by atoms with Crippen molar-refractivity contribution in [1.82, 2.24) is 10.3 Å². The number of carbonyl (C=O) groups excluding carboxylic acids is 1. The third-order valence-corrected chi connectivity index (χ3v) is 4.13. The molecule has 1 aromatic rings. The summed E-state index contributed by atoms with van der Waals surface area (Å²) in [4.78, 5) is 16.4. The van der Waals surface area contributed by atoms with Gasteiger partial charge in [-0.05, 0) is 44.4 Å². The van der Waals surface area contributed by atoms with E-state index in [1.54, 1.807) is 6.07 Å². The van der Waals surface area contributed by atoms with Gasteiger partial charge < -0.3 is 10.6 Å².